The molecule has 0 spiro atoms. The summed E-state index contributed by atoms with van der Waals surface area (Å²) in [5.74, 6) is 0.627. The molecule has 2 rings (SSSR count). The molecule has 0 aliphatic heterocycles. The van der Waals surface area contributed by atoms with Gasteiger partial charge in [0.25, 0.3) is 0 Å². The summed E-state index contributed by atoms with van der Waals surface area (Å²) in [5, 5.41) is 17.0. The number of aromatic nitrogens is 4. The molecule has 128 valence electrons. The van der Waals surface area contributed by atoms with Crippen LogP contribution in [-0.2, 0) is 22.7 Å². The van der Waals surface area contributed by atoms with Crippen molar-refractivity contribution in [1.82, 2.24) is 30.8 Å². The van der Waals surface area contributed by atoms with E-state index in [-0.39, 0.29) is 25.0 Å². The predicted octanol–water partition coefficient (Wildman–Crippen LogP) is 0.158. The topological polar surface area (TPSA) is 111 Å². The summed E-state index contributed by atoms with van der Waals surface area (Å²) in [6.45, 7) is 2.19. The van der Waals surface area contributed by atoms with Gasteiger partial charge in [0.15, 0.2) is 5.82 Å². The molecule has 10 heteroatoms. The van der Waals surface area contributed by atoms with Crippen LogP contribution in [0.2, 0.25) is 5.02 Å². The number of halogens is 1. The van der Waals surface area contributed by atoms with Crippen LogP contribution in [-0.4, -0.2) is 45.1 Å². The lowest BCUT2D eigenvalue weighted by Crippen LogP contribution is -2.35. The van der Waals surface area contributed by atoms with Crippen molar-refractivity contribution in [3.05, 3.63) is 35.1 Å². The van der Waals surface area contributed by atoms with Crippen molar-refractivity contribution in [2.24, 2.45) is 0 Å². The molecule has 0 atom stereocenters. The van der Waals surface area contributed by atoms with Gasteiger partial charge in [-0.15, -0.1) is 5.10 Å². The van der Waals surface area contributed by atoms with Crippen LogP contribution in [0.25, 0.3) is 0 Å². The molecule has 0 saturated carbocycles. The van der Waals surface area contributed by atoms with E-state index in [1.165, 1.54) is 11.6 Å². The van der Waals surface area contributed by atoms with E-state index in [0.717, 1.165) is 0 Å². The molecular weight excluding hydrogens is 336 g/mol. The number of amides is 2. The first-order valence-electron chi connectivity index (χ1n) is 7.19. The maximum absolute atomic E-state index is 11.8. The highest BCUT2D eigenvalue weighted by molar-refractivity contribution is 6.30. The van der Waals surface area contributed by atoms with Gasteiger partial charge in [-0.1, -0.05) is 11.6 Å². The minimum absolute atomic E-state index is 0.0353. The van der Waals surface area contributed by atoms with Crippen LogP contribution in [0.5, 0.6) is 5.75 Å². The van der Waals surface area contributed by atoms with Gasteiger partial charge >= 0.3 is 0 Å². The van der Waals surface area contributed by atoms with E-state index in [2.05, 4.69) is 26.2 Å². The molecule has 2 aromatic rings. The van der Waals surface area contributed by atoms with Gasteiger partial charge in [-0.2, -0.15) is 0 Å². The van der Waals surface area contributed by atoms with Crippen molar-refractivity contribution in [1.29, 1.82) is 0 Å². The second kappa shape index (κ2) is 8.82. The Balaban J connectivity index is 1.80. The lowest BCUT2D eigenvalue weighted by molar-refractivity contribution is -0.122. The molecule has 0 fully saturated rings. The summed E-state index contributed by atoms with van der Waals surface area (Å²) < 4.78 is 6.90. The van der Waals surface area contributed by atoms with Crippen molar-refractivity contribution < 1.29 is 14.3 Å². The molecule has 24 heavy (non-hydrogen) atoms. The summed E-state index contributed by atoms with van der Waals surface area (Å²) in [6, 6.07) is 6.88. The summed E-state index contributed by atoms with van der Waals surface area (Å²) in [5.41, 5.74) is 0. The van der Waals surface area contributed by atoms with Crippen molar-refractivity contribution in [3.8, 4) is 5.75 Å². The number of carbonyl (C=O) groups excluding carboxylic acids is 2. The monoisotopic (exact) mass is 352 g/mol. The molecule has 0 radical (unpaired) electrons. The zero-order valence-corrected chi connectivity index (χ0v) is 13.8. The van der Waals surface area contributed by atoms with E-state index in [4.69, 9.17) is 16.3 Å². The Bertz CT molecular complexity index is 688. The summed E-state index contributed by atoms with van der Waals surface area (Å²) in [7, 11) is 0. The zero-order chi connectivity index (χ0) is 17.4. The fourth-order valence-electron chi connectivity index (χ4n) is 1.76. The van der Waals surface area contributed by atoms with Crippen LogP contribution in [0.4, 0.5) is 0 Å². The second-order valence-electron chi connectivity index (χ2n) is 4.83. The van der Waals surface area contributed by atoms with Crippen molar-refractivity contribution in [3.63, 3.8) is 0 Å². The Morgan fingerprint density at radius 1 is 1.21 bits per heavy atom. The summed E-state index contributed by atoms with van der Waals surface area (Å²) >= 11 is 5.80. The minimum Gasteiger partial charge on any atom is -0.486 e. The summed E-state index contributed by atoms with van der Waals surface area (Å²) in [6.07, 6.45) is 0. The van der Waals surface area contributed by atoms with Gasteiger partial charge in [0.1, 0.15) is 18.9 Å². The Morgan fingerprint density at radius 3 is 2.62 bits per heavy atom. The maximum atomic E-state index is 11.8. The normalized spacial score (nSPS) is 10.2. The average molecular weight is 353 g/mol. The van der Waals surface area contributed by atoms with Crippen LogP contribution in [0.1, 0.15) is 12.7 Å². The molecule has 0 aliphatic carbocycles. The van der Waals surface area contributed by atoms with E-state index >= 15 is 0 Å². The van der Waals surface area contributed by atoms with Crippen LogP contribution in [0, 0.1) is 0 Å². The fourth-order valence-corrected chi connectivity index (χ4v) is 1.89. The molecule has 0 aliphatic rings. The maximum Gasteiger partial charge on any atom is 0.241 e. The first kappa shape index (κ1) is 17.7. The molecular formula is C14H17ClN6O3. The SMILES string of the molecule is CC(=O)NCCNC(=O)Cn1nnnc1COc1ccc(Cl)cc1. The van der Waals surface area contributed by atoms with Gasteiger partial charge in [0.05, 0.1) is 0 Å². The van der Waals surface area contributed by atoms with Crippen molar-refractivity contribution in [2.45, 2.75) is 20.1 Å². The predicted molar refractivity (Wildman–Crippen MR) is 85.3 cm³/mol. The number of tetrazole rings is 1. The number of hydrogen-bond donors (Lipinski definition) is 2. The molecule has 2 N–H and O–H groups in total. The van der Waals surface area contributed by atoms with Gasteiger partial charge in [0, 0.05) is 25.0 Å². The summed E-state index contributed by atoms with van der Waals surface area (Å²) in [4.78, 5) is 22.5. The lowest BCUT2D eigenvalue weighted by atomic mass is 10.3. The third kappa shape index (κ3) is 5.84. The molecule has 2 amide bonds. The Morgan fingerprint density at radius 2 is 1.92 bits per heavy atom. The first-order chi connectivity index (χ1) is 11.5. The van der Waals surface area contributed by atoms with Crippen LogP contribution >= 0.6 is 11.6 Å². The molecule has 1 aromatic carbocycles. The highest BCUT2D eigenvalue weighted by Crippen LogP contribution is 2.16. The van der Waals surface area contributed by atoms with E-state index < -0.39 is 0 Å². The molecule has 9 nitrogen and oxygen atoms in total. The van der Waals surface area contributed by atoms with E-state index in [1.54, 1.807) is 24.3 Å². The van der Waals surface area contributed by atoms with Gasteiger partial charge in [0.2, 0.25) is 11.8 Å². The Kier molecular flexibility index (Phi) is 6.50. The van der Waals surface area contributed by atoms with E-state index in [9.17, 15) is 9.59 Å². The van der Waals surface area contributed by atoms with Gasteiger partial charge in [-0.05, 0) is 34.7 Å². The number of benzene rings is 1. The average Bonchev–Trinajstić information content (AvgIpc) is 2.98. The molecule has 1 heterocycles. The molecule has 0 bridgehead atoms. The molecule has 0 unspecified atom stereocenters. The van der Waals surface area contributed by atoms with E-state index in [1.807, 2.05) is 0 Å². The molecule has 0 saturated heterocycles. The van der Waals surface area contributed by atoms with Crippen LogP contribution in [0.3, 0.4) is 0 Å². The lowest BCUT2D eigenvalue weighted by Gasteiger charge is -2.08. The Hall–Kier alpha value is -2.68. The fraction of sp³-hybridized carbons (Fsp3) is 0.357. The number of ether oxygens (including phenoxy) is 1. The molecule has 1 aromatic heterocycles. The second-order valence-corrected chi connectivity index (χ2v) is 5.26. The first-order valence-corrected chi connectivity index (χ1v) is 7.57. The van der Waals surface area contributed by atoms with Gasteiger partial charge < -0.3 is 15.4 Å². The third-order valence-electron chi connectivity index (χ3n) is 2.90. The van der Waals surface area contributed by atoms with Crippen molar-refractivity contribution >= 4 is 23.4 Å². The number of carbonyl (C=O) groups is 2. The number of hydrogen-bond acceptors (Lipinski definition) is 6. The highest BCUT2D eigenvalue weighted by Gasteiger charge is 2.11. The highest BCUT2D eigenvalue weighted by atomic mass is 35.5. The number of rotatable bonds is 8. The van der Waals surface area contributed by atoms with Gasteiger partial charge in [-0.25, -0.2) is 4.68 Å². The van der Waals surface area contributed by atoms with Gasteiger partial charge in [-0.3, -0.25) is 9.59 Å². The quantitative estimate of drug-likeness (QED) is 0.654. The number of nitrogens with zero attached hydrogens (tertiary/aromatic N) is 4. The zero-order valence-electron chi connectivity index (χ0n) is 13.0. The Labute approximate surface area is 143 Å². The van der Waals surface area contributed by atoms with Crippen LogP contribution in [0.15, 0.2) is 24.3 Å². The van der Waals surface area contributed by atoms with Crippen LogP contribution < -0.4 is 15.4 Å². The van der Waals surface area contributed by atoms with Crippen molar-refractivity contribution in [2.75, 3.05) is 13.1 Å². The third-order valence-corrected chi connectivity index (χ3v) is 3.15. The van der Waals surface area contributed by atoms with E-state index in [0.29, 0.717) is 29.7 Å². The smallest absolute Gasteiger partial charge is 0.241 e. The largest absolute Gasteiger partial charge is 0.486 e. The minimum atomic E-state index is -0.264. The number of nitrogens with one attached hydrogen (secondary N) is 2. The standard InChI is InChI=1S/C14H17ClN6O3/c1-10(22)16-6-7-17-14(23)8-21-13(18-19-20-21)9-24-12-4-2-11(15)3-5-12/h2-5H,6-9H2,1H3,(H,16,22)(H,17,23).